The number of hydrogen-bond donors (Lipinski definition) is 2. The van der Waals surface area contributed by atoms with Crippen LogP contribution in [0, 0.1) is 5.92 Å². The molecule has 0 saturated heterocycles. The molecule has 0 bridgehead atoms. The lowest BCUT2D eigenvalue weighted by Gasteiger charge is -2.26. The minimum absolute atomic E-state index is 0.126. The Hall–Kier alpha value is -1.59. The molecule has 120 valence electrons. The first-order valence-corrected chi connectivity index (χ1v) is 7.61. The molecule has 2 atom stereocenters. The number of carboxylic acids is 1. The molecular weight excluding hydrogens is 272 g/mol. The Morgan fingerprint density at radius 1 is 1.19 bits per heavy atom. The van der Waals surface area contributed by atoms with Crippen molar-refractivity contribution in [1.29, 1.82) is 0 Å². The maximum Gasteiger partial charge on any atom is 0.326 e. The highest BCUT2D eigenvalue weighted by molar-refractivity contribution is 5.89. The van der Waals surface area contributed by atoms with Gasteiger partial charge in [0.25, 0.3) is 0 Å². The molecule has 0 aromatic rings. The van der Waals surface area contributed by atoms with Crippen LogP contribution in [-0.2, 0) is 14.4 Å². The summed E-state index contributed by atoms with van der Waals surface area (Å²) >= 11 is 0. The average Bonchev–Trinajstić information content (AvgIpc) is 2.45. The molecule has 1 fully saturated rings. The number of nitrogens with zero attached hydrogens (tertiary/aromatic N) is 1. The molecule has 0 aliphatic heterocycles. The summed E-state index contributed by atoms with van der Waals surface area (Å²) in [6, 6.07) is -1.61. The minimum atomic E-state index is -1.06. The second kappa shape index (κ2) is 8.00. The largest absolute Gasteiger partial charge is 0.480 e. The highest BCUT2D eigenvalue weighted by atomic mass is 16.4. The van der Waals surface area contributed by atoms with Crippen molar-refractivity contribution in [2.24, 2.45) is 5.92 Å². The van der Waals surface area contributed by atoms with E-state index in [0.717, 1.165) is 17.7 Å². The number of carbonyl (C=O) groups is 3. The van der Waals surface area contributed by atoms with Gasteiger partial charge in [-0.25, -0.2) is 4.79 Å². The van der Waals surface area contributed by atoms with E-state index in [1.54, 1.807) is 6.92 Å². The van der Waals surface area contributed by atoms with Crippen molar-refractivity contribution in [3.05, 3.63) is 0 Å². The van der Waals surface area contributed by atoms with E-state index < -0.39 is 18.1 Å². The normalized spacial score (nSPS) is 18.6. The van der Waals surface area contributed by atoms with Crippen LogP contribution in [0.1, 0.15) is 52.4 Å². The SMILES string of the molecule is CC(NC(=O)CC1CCCCC1)C(=O)N(C)C(C)C(=O)O. The number of carboxylic acid groups (broad SMARTS) is 1. The molecule has 0 aromatic heterocycles. The molecule has 21 heavy (non-hydrogen) atoms. The summed E-state index contributed by atoms with van der Waals surface area (Å²) in [5, 5.41) is 11.6. The molecule has 1 saturated carbocycles. The molecule has 0 spiro atoms. The summed E-state index contributed by atoms with van der Waals surface area (Å²) in [4.78, 5) is 36.0. The fourth-order valence-corrected chi connectivity index (χ4v) is 2.68. The monoisotopic (exact) mass is 298 g/mol. The Morgan fingerprint density at radius 3 is 2.29 bits per heavy atom. The lowest BCUT2D eigenvalue weighted by molar-refractivity contribution is -0.149. The first kappa shape index (κ1) is 17.5. The van der Waals surface area contributed by atoms with Gasteiger partial charge in [0.1, 0.15) is 12.1 Å². The van der Waals surface area contributed by atoms with Crippen LogP contribution < -0.4 is 5.32 Å². The van der Waals surface area contributed by atoms with Crippen molar-refractivity contribution < 1.29 is 19.5 Å². The lowest BCUT2D eigenvalue weighted by Crippen LogP contribution is -2.50. The molecule has 6 nitrogen and oxygen atoms in total. The number of amides is 2. The highest BCUT2D eigenvalue weighted by Gasteiger charge is 2.27. The summed E-state index contributed by atoms with van der Waals surface area (Å²) in [7, 11) is 1.44. The molecule has 0 radical (unpaired) electrons. The van der Waals surface area contributed by atoms with Crippen LogP contribution in [0.25, 0.3) is 0 Å². The van der Waals surface area contributed by atoms with Crippen LogP contribution in [0.15, 0.2) is 0 Å². The second-order valence-corrected chi connectivity index (χ2v) is 5.96. The number of likely N-dealkylation sites (N-methyl/N-ethyl adjacent to an activating group) is 1. The molecule has 0 aromatic carbocycles. The topological polar surface area (TPSA) is 86.7 Å². The van der Waals surface area contributed by atoms with Crippen LogP contribution in [0.3, 0.4) is 0 Å². The van der Waals surface area contributed by atoms with Crippen molar-refractivity contribution in [2.45, 2.75) is 64.5 Å². The fraction of sp³-hybridized carbons (Fsp3) is 0.800. The Labute approximate surface area is 125 Å². The van der Waals surface area contributed by atoms with Gasteiger partial charge in [0.05, 0.1) is 0 Å². The Balaban J connectivity index is 2.43. The van der Waals surface area contributed by atoms with Gasteiger partial charge in [0, 0.05) is 13.5 Å². The van der Waals surface area contributed by atoms with Crippen molar-refractivity contribution in [3.63, 3.8) is 0 Å². The molecule has 1 rings (SSSR count). The van der Waals surface area contributed by atoms with E-state index in [2.05, 4.69) is 5.32 Å². The summed E-state index contributed by atoms with van der Waals surface area (Å²) in [5.41, 5.74) is 0. The van der Waals surface area contributed by atoms with Crippen LogP contribution in [0.5, 0.6) is 0 Å². The Kier molecular flexibility index (Phi) is 6.65. The van der Waals surface area contributed by atoms with E-state index in [1.807, 2.05) is 0 Å². The number of carbonyl (C=O) groups excluding carboxylic acids is 2. The molecule has 1 aliphatic carbocycles. The third-order valence-corrected chi connectivity index (χ3v) is 4.23. The van der Waals surface area contributed by atoms with Gasteiger partial charge in [0.15, 0.2) is 0 Å². The summed E-state index contributed by atoms with van der Waals surface area (Å²) in [6.45, 7) is 3.03. The maximum atomic E-state index is 12.1. The smallest absolute Gasteiger partial charge is 0.326 e. The molecule has 6 heteroatoms. The summed E-state index contributed by atoms with van der Waals surface area (Å²) in [6.07, 6.45) is 6.19. The summed E-state index contributed by atoms with van der Waals surface area (Å²) < 4.78 is 0. The molecule has 2 N–H and O–H groups in total. The zero-order valence-electron chi connectivity index (χ0n) is 13.1. The highest BCUT2D eigenvalue weighted by Crippen LogP contribution is 2.26. The average molecular weight is 298 g/mol. The molecule has 2 unspecified atom stereocenters. The van der Waals surface area contributed by atoms with Crippen molar-refractivity contribution in [1.82, 2.24) is 10.2 Å². The molecule has 1 aliphatic rings. The Bertz CT molecular complexity index is 391. The van der Waals surface area contributed by atoms with Gasteiger partial charge in [-0.1, -0.05) is 19.3 Å². The van der Waals surface area contributed by atoms with Crippen molar-refractivity contribution >= 4 is 17.8 Å². The summed E-state index contributed by atoms with van der Waals surface area (Å²) in [5.74, 6) is -1.16. The van der Waals surface area contributed by atoms with Crippen molar-refractivity contribution in [3.8, 4) is 0 Å². The van der Waals surface area contributed by atoms with Crippen LogP contribution >= 0.6 is 0 Å². The van der Waals surface area contributed by atoms with Gasteiger partial charge in [-0.2, -0.15) is 0 Å². The third-order valence-electron chi connectivity index (χ3n) is 4.23. The zero-order chi connectivity index (χ0) is 16.0. The van der Waals surface area contributed by atoms with Gasteiger partial charge >= 0.3 is 5.97 Å². The van der Waals surface area contributed by atoms with E-state index in [1.165, 1.54) is 33.2 Å². The van der Waals surface area contributed by atoms with E-state index in [-0.39, 0.29) is 11.8 Å². The predicted octanol–water partition coefficient (Wildman–Crippen LogP) is 1.39. The first-order chi connectivity index (χ1) is 9.82. The van der Waals surface area contributed by atoms with Crippen LogP contribution in [0.4, 0.5) is 0 Å². The van der Waals surface area contributed by atoms with Crippen LogP contribution in [0.2, 0.25) is 0 Å². The van der Waals surface area contributed by atoms with Gasteiger partial charge in [-0.05, 0) is 32.6 Å². The minimum Gasteiger partial charge on any atom is -0.480 e. The standard InChI is InChI=1S/C15H26N2O4/c1-10(14(19)17(3)11(2)15(20)21)16-13(18)9-12-7-5-4-6-8-12/h10-12H,4-9H2,1-3H3,(H,16,18)(H,20,21). The molecular formula is C15H26N2O4. The van der Waals surface area contributed by atoms with E-state index in [9.17, 15) is 14.4 Å². The van der Waals surface area contributed by atoms with Crippen LogP contribution in [-0.4, -0.2) is 46.9 Å². The number of aliphatic carboxylic acids is 1. The molecule has 0 heterocycles. The van der Waals surface area contributed by atoms with Crippen molar-refractivity contribution in [2.75, 3.05) is 7.05 Å². The van der Waals surface area contributed by atoms with Gasteiger partial charge in [-0.15, -0.1) is 0 Å². The predicted molar refractivity (Wildman–Crippen MR) is 78.7 cm³/mol. The quantitative estimate of drug-likeness (QED) is 0.776. The maximum absolute atomic E-state index is 12.1. The van der Waals surface area contributed by atoms with Gasteiger partial charge in [-0.3, -0.25) is 9.59 Å². The number of nitrogens with one attached hydrogen (secondary N) is 1. The number of rotatable bonds is 6. The van der Waals surface area contributed by atoms with E-state index >= 15 is 0 Å². The zero-order valence-corrected chi connectivity index (χ0v) is 13.1. The van der Waals surface area contributed by atoms with Gasteiger partial charge in [0.2, 0.25) is 11.8 Å². The Morgan fingerprint density at radius 2 is 1.76 bits per heavy atom. The fourth-order valence-electron chi connectivity index (χ4n) is 2.68. The van der Waals surface area contributed by atoms with E-state index in [0.29, 0.717) is 12.3 Å². The third kappa shape index (κ3) is 5.36. The van der Waals surface area contributed by atoms with E-state index in [4.69, 9.17) is 5.11 Å². The first-order valence-electron chi connectivity index (χ1n) is 7.61. The number of hydrogen-bond acceptors (Lipinski definition) is 3. The lowest BCUT2D eigenvalue weighted by atomic mass is 9.87. The second-order valence-electron chi connectivity index (χ2n) is 5.96. The molecule has 2 amide bonds. The van der Waals surface area contributed by atoms with Gasteiger partial charge < -0.3 is 15.3 Å².